The summed E-state index contributed by atoms with van der Waals surface area (Å²) in [6.45, 7) is 3.39. The van der Waals surface area contributed by atoms with Crippen LogP contribution < -0.4 is 5.32 Å². The molecule has 0 saturated heterocycles. The van der Waals surface area contributed by atoms with Crippen molar-refractivity contribution in [3.8, 4) is 0 Å². The minimum absolute atomic E-state index is 0.0236. The molecule has 1 aliphatic rings. The first-order valence-corrected chi connectivity index (χ1v) is 14.8. The van der Waals surface area contributed by atoms with Crippen LogP contribution in [0.4, 0.5) is 4.79 Å². The Morgan fingerprint density at radius 2 is 1.57 bits per heavy atom. The molecule has 1 aliphatic carbocycles. The Bertz CT molecular complexity index is 650. The lowest BCUT2D eigenvalue weighted by Crippen LogP contribution is -2.39. The summed E-state index contributed by atoms with van der Waals surface area (Å²) in [7, 11) is 5.54. The van der Waals surface area contributed by atoms with Crippen molar-refractivity contribution in [3.63, 3.8) is 0 Å². The molecular weight excluding hydrogens is 494 g/mol. The van der Waals surface area contributed by atoms with E-state index in [0.717, 1.165) is 12.8 Å². The molecule has 1 atom stereocenters. The van der Waals surface area contributed by atoms with Crippen molar-refractivity contribution in [1.29, 1.82) is 0 Å². The van der Waals surface area contributed by atoms with Crippen LogP contribution in [0.3, 0.4) is 0 Å². The number of rotatable bonds is 17. The van der Waals surface area contributed by atoms with Crippen molar-refractivity contribution in [3.05, 3.63) is 0 Å². The number of carbonyl (C=O) groups excluding carboxylic acids is 4. The summed E-state index contributed by atoms with van der Waals surface area (Å²) in [5.41, 5.74) is 0.228. The molecular formula is C24H41NO8S2. The zero-order valence-electron chi connectivity index (χ0n) is 21.3. The highest BCUT2D eigenvalue weighted by Gasteiger charge is 2.31. The largest absolute Gasteiger partial charge is 0.469 e. The number of esters is 3. The molecule has 0 radical (unpaired) electrons. The van der Waals surface area contributed by atoms with Gasteiger partial charge in [-0.15, -0.1) is 0 Å². The third-order valence-corrected chi connectivity index (χ3v) is 8.42. The number of hydrogen-bond acceptors (Lipinski definition) is 10. The maximum absolute atomic E-state index is 12.0. The fourth-order valence-electron chi connectivity index (χ4n) is 4.26. The van der Waals surface area contributed by atoms with Crippen LogP contribution in [0.2, 0.25) is 0 Å². The average Bonchev–Trinajstić information content (AvgIpc) is 2.86. The third-order valence-electron chi connectivity index (χ3n) is 6.09. The van der Waals surface area contributed by atoms with Gasteiger partial charge in [0.2, 0.25) is 0 Å². The lowest BCUT2D eigenvalue weighted by atomic mass is 9.71. The van der Waals surface area contributed by atoms with Crippen molar-refractivity contribution in [1.82, 2.24) is 5.32 Å². The normalized spacial score (nSPS) is 15.5. The summed E-state index contributed by atoms with van der Waals surface area (Å²) in [4.78, 5) is 47.1. The van der Waals surface area contributed by atoms with Gasteiger partial charge in [-0.3, -0.25) is 14.4 Å². The second-order valence-electron chi connectivity index (χ2n) is 8.70. The van der Waals surface area contributed by atoms with Gasteiger partial charge in [-0.1, -0.05) is 54.2 Å². The van der Waals surface area contributed by atoms with Crippen LogP contribution in [-0.4, -0.2) is 69.5 Å². The number of methoxy groups -OCH3 is 2. The first kappa shape index (κ1) is 31.4. The van der Waals surface area contributed by atoms with Gasteiger partial charge in [-0.25, -0.2) is 4.79 Å². The highest BCUT2D eigenvalue weighted by Crippen LogP contribution is 2.39. The molecule has 0 aromatic rings. The van der Waals surface area contributed by atoms with Gasteiger partial charge in [0.15, 0.2) is 0 Å². The molecule has 202 valence electrons. The molecule has 1 rings (SSSR count). The summed E-state index contributed by atoms with van der Waals surface area (Å²) < 4.78 is 19.7. The number of hydrogen-bond donors (Lipinski definition) is 1. The van der Waals surface area contributed by atoms with Gasteiger partial charge in [-0.2, -0.15) is 0 Å². The molecule has 1 amide bonds. The van der Waals surface area contributed by atoms with Crippen LogP contribution in [0, 0.1) is 11.3 Å². The highest BCUT2D eigenvalue weighted by molar-refractivity contribution is 8.76. The standard InChI is InChI=1S/C24H41NO8S2/c1-4-10-24(11-6-5-7-12-24)18-25-23(29)33-14-16-35-34-15-13-32-21(27)17-19(22(28)31-3)8-9-20(26)30-2/h19H,4-18H2,1-3H3,(H,25,29). The predicted octanol–water partition coefficient (Wildman–Crippen LogP) is 4.52. The molecule has 0 aromatic heterocycles. The molecule has 0 aliphatic heterocycles. The molecule has 9 nitrogen and oxygen atoms in total. The minimum Gasteiger partial charge on any atom is -0.469 e. The quantitative estimate of drug-likeness (QED) is 0.123. The van der Waals surface area contributed by atoms with E-state index in [1.54, 1.807) is 0 Å². The average molecular weight is 536 g/mol. The van der Waals surface area contributed by atoms with E-state index >= 15 is 0 Å². The zero-order valence-corrected chi connectivity index (χ0v) is 22.9. The Kier molecular flexibility index (Phi) is 16.7. The Morgan fingerprint density at radius 3 is 2.17 bits per heavy atom. The summed E-state index contributed by atoms with van der Waals surface area (Å²) in [5, 5.41) is 2.95. The zero-order chi connectivity index (χ0) is 25.9. The van der Waals surface area contributed by atoms with E-state index in [9.17, 15) is 19.2 Å². The van der Waals surface area contributed by atoms with Crippen LogP contribution in [-0.2, 0) is 33.3 Å². The van der Waals surface area contributed by atoms with Crippen molar-refractivity contribution in [2.24, 2.45) is 11.3 Å². The SMILES string of the molecule is CCCC1(CNC(=O)OCCSSCCOC(=O)CC(CCC(=O)OC)C(=O)OC)CCCCC1. The minimum atomic E-state index is -0.744. The third kappa shape index (κ3) is 13.9. The number of ether oxygens (including phenoxy) is 4. The molecule has 1 unspecified atom stereocenters. The van der Waals surface area contributed by atoms with Gasteiger partial charge in [0, 0.05) is 24.5 Å². The molecule has 0 spiro atoms. The van der Waals surface area contributed by atoms with Gasteiger partial charge in [0.25, 0.3) is 0 Å². The van der Waals surface area contributed by atoms with Crippen LogP contribution in [0.25, 0.3) is 0 Å². The molecule has 1 saturated carbocycles. The van der Waals surface area contributed by atoms with Crippen molar-refractivity contribution >= 4 is 45.6 Å². The van der Waals surface area contributed by atoms with Crippen LogP contribution >= 0.6 is 21.6 Å². The van der Waals surface area contributed by atoms with Gasteiger partial charge < -0.3 is 24.3 Å². The van der Waals surface area contributed by atoms with Gasteiger partial charge >= 0.3 is 24.0 Å². The smallest absolute Gasteiger partial charge is 0.407 e. The molecule has 0 aromatic carbocycles. The van der Waals surface area contributed by atoms with E-state index in [1.165, 1.54) is 67.9 Å². The lowest BCUT2D eigenvalue weighted by molar-refractivity contribution is -0.154. The second-order valence-corrected chi connectivity index (χ2v) is 11.4. The van der Waals surface area contributed by atoms with E-state index in [-0.39, 0.29) is 37.4 Å². The Balaban J connectivity index is 2.11. The first-order chi connectivity index (χ1) is 16.9. The van der Waals surface area contributed by atoms with Crippen LogP contribution in [0.5, 0.6) is 0 Å². The monoisotopic (exact) mass is 535 g/mol. The van der Waals surface area contributed by atoms with E-state index in [4.69, 9.17) is 14.2 Å². The van der Waals surface area contributed by atoms with Crippen molar-refractivity contribution in [2.75, 3.05) is 45.5 Å². The molecule has 0 heterocycles. The maximum Gasteiger partial charge on any atom is 0.407 e. The van der Waals surface area contributed by atoms with E-state index in [0.29, 0.717) is 24.7 Å². The van der Waals surface area contributed by atoms with Gasteiger partial charge in [0.05, 0.1) is 26.6 Å². The molecule has 0 bridgehead atoms. The second kappa shape index (κ2) is 18.6. The number of alkyl carbamates (subject to hydrolysis) is 1. The van der Waals surface area contributed by atoms with Crippen molar-refractivity contribution in [2.45, 2.75) is 71.1 Å². The number of nitrogens with one attached hydrogen (secondary N) is 1. The highest BCUT2D eigenvalue weighted by atomic mass is 33.1. The number of carbonyl (C=O) groups is 4. The Morgan fingerprint density at radius 1 is 0.914 bits per heavy atom. The fraction of sp³-hybridized carbons (Fsp3) is 0.833. The summed E-state index contributed by atoms with van der Waals surface area (Å²) in [6.07, 6.45) is 8.05. The van der Waals surface area contributed by atoms with Crippen LogP contribution in [0.1, 0.15) is 71.1 Å². The number of amides is 1. The summed E-state index contributed by atoms with van der Waals surface area (Å²) in [6, 6.07) is 0. The predicted molar refractivity (Wildman–Crippen MR) is 137 cm³/mol. The van der Waals surface area contributed by atoms with E-state index in [2.05, 4.69) is 17.0 Å². The van der Waals surface area contributed by atoms with Gasteiger partial charge in [0.1, 0.15) is 13.2 Å². The van der Waals surface area contributed by atoms with E-state index in [1.807, 2.05) is 0 Å². The maximum atomic E-state index is 12.0. The lowest BCUT2D eigenvalue weighted by Gasteiger charge is -2.37. The molecule has 35 heavy (non-hydrogen) atoms. The topological polar surface area (TPSA) is 117 Å². The summed E-state index contributed by atoms with van der Waals surface area (Å²) in [5.74, 6) is -1.08. The van der Waals surface area contributed by atoms with E-state index < -0.39 is 23.8 Å². The molecule has 1 fully saturated rings. The summed E-state index contributed by atoms with van der Waals surface area (Å²) >= 11 is 0. The Labute approximate surface area is 216 Å². The van der Waals surface area contributed by atoms with Crippen LogP contribution in [0.15, 0.2) is 0 Å². The Hall–Kier alpha value is -1.62. The van der Waals surface area contributed by atoms with Gasteiger partial charge in [-0.05, 0) is 31.1 Å². The van der Waals surface area contributed by atoms with Crippen molar-refractivity contribution < 1.29 is 38.1 Å². The first-order valence-electron chi connectivity index (χ1n) is 12.3. The fourth-order valence-corrected chi connectivity index (χ4v) is 5.91. The molecule has 11 heteroatoms. The molecule has 1 N–H and O–H groups in total.